The Labute approximate surface area is 204 Å². The number of aliphatic hydroxyl groups is 2. The summed E-state index contributed by atoms with van der Waals surface area (Å²) >= 11 is 0. The average Bonchev–Trinajstić information content (AvgIpc) is 3.26. The van der Waals surface area contributed by atoms with Gasteiger partial charge in [0.2, 0.25) is 0 Å². The molecule has 1 aliphatic rings. The number of β-amino-alcohol motifs (C(OH)–C–C–N with tert-alkyl or cyclic N) is 1. The highest BCUT2D eigenvalue weighted by Gasteiger charge is 2.25. The molecular weight excluding hydrogens is 448 g/mol. The number of carbonyl (C=O) groups is 1. The van der Waals surface area contributed by atoms with Crippen LogP contribution < -0.4 is 20.5 Å². The first-order valence-electron chi connectivity index (χ1n) is 11.8. The lowest BCUT2D eigenvalue weighted by molar-refractivity contribution is -0.00463. The third kappa shape index (κ3) is 5.48. The summed E-state index contributed by atoms with van der Waals surface area (Å²) in [5.74, 6) is 0.246. The number of ether oxygens (including phenoxy) is 2. The average molecular weight is 481 g/mol. The number of aryl methyl sites for hydroxylation is 1. The number of nitrogens with zero attached hydrogens (tertiary/aromatic N) is 2. The number of fused-ring (bicyclic) bond motifs is 1. The number of primary amides is 1. The van der Waals surface area contributed by atoms with E-state index >= 15 is 0 Å². The van der Waals surface area contributed by atoms with Crippen LogP contribution in [0.5, 0.6) is 11.5 Å². The zero-order valence-corrected chi connectivity index (χ0v) is 20.0. The van der Waals surface area contributed by atoms with E-state index in [0.717, 1.165) is 30.6 Å². The summed E-state index contributed by atoms with van der Waals surface area (Å²) in [7, 11) is 1.53. The summed E-state index contributed by atoms with van der Waals surface area (Å²) in [6.07, 6.45) is 2.54. The molecule has 5 N–H and O–H groups in total. The second kappa shape index (κ2) is 10.9. The number of aliphatic hydroxyl groups excluding tert-OH is 2. The smallest absolute Gasteiger partial charge is 0.252 e. The summed E-state index contributed by atoms with van der Waals surface area (Å²) < 4.78 is 11.4. The minimum absolute atomic E-state index is 0.00938. The van der Waals surface area contributed by atoms with Gasteiger partial charge in [-0.2, -0.15) is 0 Å². The monoisotopic (exact) mass is 480 g/mol. The molecule has 2 atom stereocenters. The number of methoxy groups -OCH3 is 1. The highest BCUT2D eigenvalue weighted by atomic mass is 16.5. The van der Waals surface area contributed by atoms with Crippen LogP contribution in [0.4, 0.5) is 11.4 Å². The molecule has 2 heterocycles. The van der Waals surface area contributed by atoms with Crippen molar-refractivity contribution in [3.8, 4) is 11.5 Å². The summed E-state index contributed by atoms with van der Waals surface area (Å²) in [6.45, 7) is 3.12. The number of likely N-dealkylation sites (tertiary alicyclic amines) is 1. The Kier molecular flexibility index (Phi) is 7.70. The molecule has 1 aromatic heterocycles. The number of nitrogens with one attached hydrogen (secondary N) is 1. The lowest BCUT2D eigenvalue weighted by atomic mass is 10.1. The number of amides is 1. The molecule has 2 aromatic carbocycles. The van der Waals surface area contributed by atoms with E-state index in [1.807, 2.05) is 29.2 Å². The van der Waals surface area contributed by atoms with Gasteiger partial charge in [0.1, 0.15) is 18.9 Å². The van der Waals surface area contributed by atoms with Crippen LogP contribution in [-0.4, -0.2) is 65.1 Å². The van der Waals surface area contributed by atoms with Gasteiger partial charge in [0.15, 0.2) is 11.5 Å². The molecule has 9 nitrogen and oxygen atoms in total. The Balaban J connectivity index is 1.68. The zero-order chi connectivity index (χ0) is 24.9. The van der Waals surface area contributed by atoms with E-state index in [4.69, 9.17) is 15.2 Å². The van der Waals surface area contributed by atoms with Gasteiger partial charge in [-0.05, 0) is 37.0 Å². The summed E-state index contributed by atoms with van der Waals surface area (Å²) in [5.41, 5.74) is 9.00. The molecule has 35 heavy (non-hydrogen) atoms. The van der Waals surface area contributed by atoms with Crippen LogP contribution in [0.15, 0.2) is 42.6 Å². The van der Waals surface area contributed by atoms with Gasteiger partial charge < -0.3 is 30.7 Å². The van der Waals surface area contributed by atoms with Crippen molar-refractivity contribution >= 4 is 28.2 Å². The topological polar surface area (TPSA) is 130 Å². The fourth-order valence-electron chi connectivity index (χ4n) is 4.41. The Bertz CT molecular complexity index is 1200. The van der Waals surface area contributed by atoms with Crippen molar-refractivity contribution < 1.29 is 24.5 Å². The first kappa shape index (κ1) is 24.7. The molecule has 0 aliphatic carbocycles. The fraction of sp³-hybridized carbons (Fsp3) is 0.385. The first-order chi connectivity index (χ1) is 16.9. The molecule has 1 aliphatic heterocycles. The van der Waals surface area contributed by atoms with Crippen LogP contribution in [0, 0.1) is 0 Å². The Hall–Kier alpha value is -3.40. The standard InChI is InChI=1S/C26H32N4O5/c1-3-16-7-4-5-8-20(16)29-25-18-11-23(35-15-17(31)14-30-10-6-9-24(30)32)22(34-2)12-21(18)28-13-19(25)26(27)33/h4-5,7-8,11-13,17,24,31-32H,3,6,9-10,14-15H2,1-2H3,(H2,27,33)(H,28,29). The number of aromatic nitrogens is 1. The Morgan fingerprint density at radius 2 is 2.11 bits per heavy atom. The third-order valence-corrected chi connectivity index (χ3v) is 6.28. The molecule has 186 valence electrons. The van der Waals surface area contributed by atoms with E-state index in [1.165, 1.54) is 13.3 Å². The van der Waals surface area contributed by atoms with E-state index in [9.17, 15) is 15.0 Å². The normalized spacial score (nSPS) is 16.9. The van der Waals surface area contributed by atoms with Gasteiger partial charge in [-0.3, -0.25) is 14.7 Å². The molecular formula is C26H32N4O5. The largest absolute Gasteiger partial charge is 0.493 e. The van der Waals surface area contributed by atoms with Crippen LogP contribution in [0.2, 0.25) is 0 Å². The number of anilines is 2. The molecule has 2 unspecified atom stereocenters. The number of hydrogen-bond acceptors (Lipinski definition) is 8. The second-order valence-electron chi connectivity index (χ2n) is 8.65. The molecule has 1 saturated heterocycles. The van der Waals surface area contributed by atoms with E-state index < -0.39 is 18.2 Å². The molecule has 0 bridgehead atoms. The van der Waals surface area contributed by atoms with Gasteiger partial charge in [-0.15, -0.1) is 0 Å². The van der Waals surface area contributed by atoms with Gasteiger partial charge in [0.05, 0.1) is 23.9 Å². The van der Waals surface area contributed by atoms with E-state index in [2.05, 4.69) is 17.2 Å². The first-order valence-corrected chi connectivity index (χ1v) is 11.8. The van der Waals surface area contributed by atoms with Crippen molar-refractivity contribution in [3.63, 3.8) is 0 Å². The molecule has 0 saturated carbocycles. The summed E-state index contributed by atoms with van der Waals surface area (Å²) in [4.78, 5) is 18.5. The predicted molar refractivity (Wildman–Crippen MR) is 134 cm³/mol. The highest BCUT2D eigenvalue weighted by Crippen LogP contribution is 2.38. The van der Waals surface area contributed by atoms with Gasteiger partial charge in [-0.1, -0.05) is 25.1 Å². The van der Waals surface area contributed by atoms with Crippen molar-refractivity contribution in [3.05, 3.63) is 53.7 Å². The number of pyridine rings is 1. The van der Waals surface area contributed by atoms with Crippen LogP contribution >= 0.6 is 0 Å². The van der Waals surface area contributed by atoms with Crippen molar-refractivity contribution in [1.82, 2.24) is 9.88 Å². The molecule has 1 fully saturated rings. The van der Waals surface area contributed by atoms with Gasteiger partial charge >= 0.3 is 0 Å². The maximum absolute atomic E-state index is 12.3. The van der Waals surface area contributed by atoms with Crippen molar-refractivity contribution in [2.24, 2.45) is 5.73 Å². The maximum atomic E-state index is 12.3. The van der Waals surface area contributed by atoms with Crippen LogP contribution in [0.25, 0.3) is 10.9 Å². The predicted octanol–water partition coefficient (Wildman–Crippen LogP) is 2.80. The molecule has 0 radical (unpaired) electrons. The molecule has 1 amide bonds. The third-order valence-electron chi connectivity index (χ3n) is 6.28. The zero-order valence-electron chi connectivity index (χ0n) is 20.0. The molecule has 4 rings (SSSR count). The van der Waals surface area contributed by atoms with Crippen molar-refractivity contribution in [2.75, 3.05) is 32.1 Å². The number of nitrogens with two attached hydrogens (primary N) is 1. The fourth-order valence-corrected chi connectivity index (χ4v) is 4.41. The number of benzene rings is 2. The minimum Gasteiger partial charge on any atom is -0.493 e. The number of rotatable bonds is 10. The van der Waals surface area contributed by atoms with Gasteiger partial charge in [0.25, 0.3) is 5.91 Å². The molecule has 9 heteroatoms. The SMILES string of the molecule is CCc1ccccc1Nc1c(C(N)=O)cnc2cc(OC)c(OCC(O)CN3CCCC3O)cc12. The molecule has 3 aromatic rings. The Morgan fingerprint density at radius 1 is 1.31 bits per heavy atom. The lowest BCUT2D eigenvalue weighted by Gasteiger charge is -2.23. The van der Waals surface area contributed by atoms with Gasteiger partial charge in [-0.25, -0.2) is 0 Å². The summed E-state index contributed by atoms with van der Waals surface area (Å²) in [6, 6.07) is 11.3. The van der Waals surface area contributed by atoms with E-state index in [0.29, 0.717) is 41.1 Å². The van der Waals surface area contributed by atoms with Crippen LogP contribution in [0.1, 0.15) is 35.7 Å². The van der Waals surface area contributed by atoms with Crippen LogP contribution in [0.3, 0.4) is 0 Å². The Morgan fingerprint density at radius 3 is 2.80 bits per heavy atom. The quantitative estimate of drug-likeness (QED) is 0.349. The summed E-state index contributed by atoms with van der Waals surface area (Å²) in [5, 5.41) is 24.5. The second-order valence-corrected chi connectivity index (χ2v) is 8.65. The number of hydrogen-bond donors (Lipinski definition) is 4. The number of para-hydroxylation sites is 1. The van der Waals surface area contributed by atoms with E-state index in [-0.39, 0.29) is 12.2 Å². The number of carbonyl (C=O) groups excluding carboxylic acids is 1. The van der Waals surface area contributed by atoms with Crippen molar-refractivity contribution in [2.45, 2.75) is 38.5 Å². The highest BCUT2D eigenvalue weighted by molar-refractivity contribution is 6.08. The van der Waals surface area contributed by atoms with E-state index in [1.54, 1.807) is 12.1 Å². The van der Waals surface area contributed by atoms with Crippen molar-refractivity contribution in [1.29, 1.82) is 0 Å². The maximum Gasteiger partial charge on any atom is 0.252 e. The van der Waals surface area contributed by atoms with Gasteiger partial charge in [0, 0.05) is 36.4 Å². The van der Waals surface area contributed by atoms with Crippen LogP contribution in [-0.2, 0) is 6.42 Å². The lowest BCUT2D eigenvalue weighted by Crippen LogP contribution is -2.38. The molecule has 0 spiro atoms. The minimum atomic E-state index is -0.799.